The summed E-state index contributed by atoms with van der Waals surface area (Å²) in [5.41, 5.74) is -0.0328. The van der Waals surface area contributed by atoms with E-state index in [0.29, 0.717) is 12.0 Å². The van der Waals surface area contributed by atoms with Crippen molar-refractivity contribution < 1.29 is 21.9 Å². The van der Waals surface area contributed by atoms with Gasteiger partial charge in [-0.15, -0.1) is 4.40 Å². The van der Waals surface area contributed by atoms with E-state index in [1.165, 1.54) is 16.8 Å². The van der Waals surface area contributed by atoms with Gasteiger partial charge in [0.1, 0.15) is 16.2 Å². The molecule has 184 valence electrons. The van der Waals surface area contributed by atoms with Gasteiger partial charge in [0.25, 0.3) is 15.6 Å². The topological polar surface area (TPSA) is 160 Å². The summed E-state index contributed by atoms with van der Waals surface area (Å²) in [7, 11) is -7.96. The minimum Gasteiger partial charge on any atom is -0.505 e. The fraction of sp³-hybridized carbons (Fsp3) is 0.381. The van der Waals surface area contributed by atoms with Crippen molar-refractivity contribution in [2.45, 2.75) is 45.1 Å². The van der Waals surface area contributed by atoms with Crippen LogP contribution in [0.15, 0.2) is 44.4 Å². The highest BCUT2D eigenvalue weighted by Gasteiger charge is 2.30. The quantitative estimate of drug-likeness (QED) is 0.456. The second-order valence-corrected chi connectivity index (χ2v) is 12.0. The number of aromatic hydroxyl groups is 1. The van der Waals surface area contributed by atoms with Crippen molar-refractivity contribution in [3.05, 3.63) is 52.0 Å². The number of fused-ring (bicyclic) bond motifs is 1. The zero-order valence-corrected chi connectivity index (χ0v) is 20.9. The number of sulfonamides is 2. The number of hydrogen-bond donors (Lipinski definition) is 3. The van der Waals surface area contributed by atoms with Crippen LogP contribution in [0, 0.1) is 5.92 Å². The molecule has 0 radical (unpaired) electrons. The SMILES string of the molecule is C=C(C)Cc1nn(CCC(C)C)c(=O)c(C2=NS(=O)(=O)c3cc(NS(C)(=O)=O)ccc3N2)c1O. The fourth-order valence-electron chi connectivity index (χ4n) is 3.31. The Balaban J connectivity index is 2.16. The van der Waals surface area contributed by atoms with Crippen molar-refractivity contribution in [3.63, 3.8) is 0 Å². The van der Waals surface area contributed by atoms with E-state index in [2.05, 4.69) is 26.1 Å². The van der Waals surface area contributed by atoms with Crippen molar-refractivity contribution >= 4 is 37.3 Å². The Labute approximate surface area is 198 Å². The maximum absolute atomic E-state index is 13.2. The summed E-state index contributed by atoms with van der Waals surface area (Å²) in [5.74, 6) is -0.542. The highest BCUT2D eigenvalue weighted by atomic mass is 32.2. The fourth-order valence-corrected chi connectivity index (χ4v) is 5.01. The standard InChI is InChI=1S/C21H27N5O6S2/c1-12(2)8-9-26-21(28)18(19(27)16(23-26)10-13(3)4)20-22-15-7-6-14(24-33(5,29)30)11-17(15)34(31,32)25-20/h6-7,11-12,24,27H,3,8-10H2,1-2,4-5H3,(H,22,25). The molecule has 0 amide bonds. The van der Waals surface area contributed by atoms with Crippen LogP contribution in [-0.2, 0) is 33.0 Å². The summed E-state index contributed by atoms with van der Waals surface area (Å²) < 4.78 is 56.0. The third-order valence-electron chi connectivity index (χ3n) is 4.85. The normalized spacial score (nSPS) is 14.8. The van der Waals surface area contributed by atoms with Crippen molar-refractivity contribution in [2.24, 2.45) is 10.3 Å². The Hall–Kier alpha value is -3.19. The lowest BCUT2D eigenvalue weighted by Gasteiger charge is -2.21. The minimum atomic E-state index is -4.33. The average Bonchev–Trinajstić information content (AvgIpc) is 2.68. The van der Waals surface area contributed by atoms with Gasteiger partial charge in [0, 0.05) is 18.7 Å². The van der Waals surface area contributed by atoms with E-state index in [1.807, 2.05) is 13.8 Å². The number of benzene rings is 1. The van der Waals surface area contributed by atoms with Crippen LogP contribution in [0.5, 0.6) is 5.75 Å². The summed E-state index contributed by atoms with van der Waals surface area (Å²) in [6, 6.07) is 3.84. The number of hydrogen-bond acceptors (Lipinski definition) is 8. The molecule has 1 aromatic heterocycles. The molecule has 0 saturated carbocycles. The molecule has 0 unspecified atom stereocenters. The number of nitrogens with zero attached hydrogens (tertiary/aromatic N) is 3. The van der Waals surface area contributed by atoms with Gasteiger partial charge in [-0.3, -0.25) is 9.52 Å². The van der Waals surface area contributed by atoms with Gasteiger partial charge < -0.3 is 10.4 Å². The maximum atomic E-state index is 13.2. The zero-order valence-electron chi connectivity index (χ0n) is 19.3. The van der Waals surface area contributed by atoms with Crippen LogP contribution in [0.4, 0.5) is 11.4 Å². The van der Waals surface area contributed by atoms with E-state index in [0.717, 1.165) is 12.3 Å². The number of allylic oxidation sites excluding steroid dienone is 1. The molecule has 3 N–H and O–H groups in total. The molecule has 0 bridgehead atoms. The van der Waals surface area contributed by atoms with Crippen molar-refractivity contribution in [1.29, 1.82) is 0 Å². The molecule has 2 aromatic rings. The van der Waals surface area contributed by atoms with Crippen LogP contribution in [-0.4, -0.2) is 43.8 Å². The number of rotatable bonds is 8. The lowest BCUT2D eigenvalue weighted by atomic mass is 10.1. The van der Waals surface area contributed by atoms with Crippen molar-refractivity contribution in [1.82, 2.24) is 9.78 Å². The predicted octanol–water partition coefficient (Wildman–Crippen LogP) is 2.05. The Morgan fingerprint density at radius 3 is 2.59 bits per heavy atom. The first-order valence-electron chi connectivity index (χ1n) is 10.4. The number of nitrogens with one attached hydrogen (secondary N) is 2. The molecule has 3 rings (SSSR count). The number of anilines is 2. The molecule has 1 aliphatic rings. The first kappa shape index (κ1) is 25.4. The molecule has 0 fully saturated rings. The Morgan fingerprint density at radius 1 is 1.32 bits per heavy atom. The Kier molecular flexibility index (Phi) is 6.90. The lowest BCUT2D eigenvalue weighted by Crippen LogP contribution is -2.35. The van der Waals surface area contributed by atoms with Gasteiger partial charge in [0.15, 0.2) is 11.6 Å². The summed E-state index contributed by atoms with van der Waals surface area (Å²) in [5, 5.41) is 17.9. The third-order valence-corrected chi connectivity index (χ3v) is 6.77. The largest absolute Gasteiger partial charge is 0.505 e. The smallest absolute Gasteiger partial charge is 0.286 e. The van der Waals surface area contributed by atoms with Gasteiger partial charge in [-0.2, -0.15) is 13.5 Å². The molecule has 1 aromatic carbocycles. The molecule has 34 heavy (non-hydrogen) atoms. The number of amidine groups is 1. The number of aromatic nitrogens is 2. The summed E-state index contributed by atoms with van der Waals surface area (Å²) in [6.45, 7) is 9.81. The van der Waals surface area contributed by atoms with Crippen LogP contribution >= 0.6 is 0 Å². The summed E-state index contributed by atoms with van der Waals surface area (Å²) in [6.07, 6.45) is 1.76. The van der Waals surface area contributed by atoms with E-state index in [-0.39, 0.29) is 52.2 Å². The number of aryl methyl sites for hydroxylation is 1. The van der Waals surface area contributed by atoms with E-state index < -0.39 is 31.4 Å². The summed E-state index contributed by atoms with van der Waals surface area (Å²) >= 11 is 0. The Morgan fingerprint density at radius 2 is 2.00 bits per heavy atom. The molecule has 0 spiro atoms. The summed E-state index contributed by atoms with van der Waals surface area (Å²) in [4.78, 5) is 12.9. The van der Waals surface area contributed by atoms with E-state index >= 15 is 0 Å². The maximum Gasteiger partial charge on any atom is 0.286 e. The molecule has 13 heteroatoms. The van der Waals surface area contributed by atoms with Gasteiger partial charge in [0.2, 0.25) is 10.0 Å². The van der Waals surface area contributed by atoms with Gasteiger partial charge in [-0.05, 0) is 37.5 Å². The molecular weight excluding hydrogens is 482 g/mol. The van der Waals surface area contributed by atoms with Crippen molar-refractivity contribution in [3.8, 4) is 5.75 Å². The molecule has 0 saturated heterocycles. The molecule has 2 heterocycles. The first-order valence-corrected chi connectivity index (χ1v) is 13.7. The highest BCUT2D eigenvalue weighted by Crippen LogP contribution is 2.32. The van der Waals surface area contributed by atoms with Gasteiger partial charge in [-0.25, -0.2) is 13.1 Å². The third kappa shape index (κ3) is 5.65. The highest BCUT2D eigenvalue weighted by molar-refractivity contribution is 7.92. The van der Waals surface area contributed by atoms with E-state index in [1.54, 1.807) is 6.92 Å². The second kappa shape index (κ2) is 9.22. The molecular formula is C21H27N5O6S2. The molecule has 0 atom stereocenters. The van der Waals surface area contributed by atoms with Gasteiger partial charge in [0.05, 0.1) is 11.9 Å². The molecule has 0 aliphatic carbocycles. The van der Waals surface area contributed by atoms with Crippen LogP contribution in [0.1, 0.15) is 38.4 Å². The minimum absolute atomic E-state index is 0.0387. The van der Waals surface area contributed by atoms with Crippen LogP contribution in [0.2, 0.25) is 0 Å². The molecule has 11 nitrogen and oxygen atoms in total. The monoisotopic (exact) mass is 509 g/mol. The van der Waals surface area contributed by atoms with E-state index in [9.17, 15) is 26.7 Å². The van der Waals surface area contributed by atoms with Gasteiger partial charge in [-0.1, -0.05) is 26.0 Å². The first-order chi connectivity index (χ1) is 15.7. The zero-order chi connectivity index (χ0) is 25.4. The van der Waals surface area contributed by atoms with Crippen molar-refractivity contribution in [2.75, 3.05) is 16.3 Å². The molecule has 1 aliphatic heterocycles. The van der Waals surface area contributed by atoms with E-state index in [4.69, 9.17) is 0 Å². The van der Waals surface area contributed by atoms with Gasteiger partial charge >= 0.3 is 0 Å². The second-order valence-electron chi connectivity index (χ2n) is 8.64. The van der Waals surface area contributed by atoms with Crippen LogP contribution in [0.3, 0.4) is 0 Å². The average molecular weight is 510 g/mol. The predicted molar refractivity (Wildman–Crippen MR) is 130 cm³/mol. The van der Waals surface area contributed by atoms with Crippen LogP contribution < -0.4 is 15.6 Å². The van der Waals surface area contributed by atoms with Crippen LogP contribution in [0.25, 0.3) is 0 Å². The Bertz CT molecular complexity index is 1460. The lowest BCUT2D eigenvalue weighted by molar-refractivity contribution is 0.430.